The van der Waals surface area contributed by atoms with E-state index in [0.717, 1.165) is 17.7 Å². The van der Waals surface area contributed by atoms with E-state index in [4.69, 9.17) is 16.3 Å². The first-order valence-electron chi connectivity index (χ1n) is 8.77. The number of amidine groups is 1. The molecule has 4 nitrogen and oxygen atoms in total. The number of nitrogens with zero attached hydrogens (tertiary/aromatic N) is 1. The average molecular weight is 401 g/mol. The van der Waals surface area contributed by atoms with Crippen LogP contribution in [0.3, 0.4) is 0 Å². The summed E-state index contributed by atoms with van der Waals surface area (Å²) in [5.41, 5.74) is 2.81. The van der Waals surface area contributed by atoms with Gasteiger partial charge in [-0.15, -0.1) is 0 Å². The second-order valence-electron chi connectivity index (χ2n) is 6.34. The Labute approximate surface area is 168 Å². The van der Waals surface area contributed by atoms with Crippen LogP contribution in [0.15, 0.2) is 52.4 Å². The van der Waals surface area contributed by atoms with Gasteiger partial charge in [0.15, 0.2) is 5.17 Å². The number of aliphatic imine (C=N–C) groups is 1. The Morgan fingerprint density at radius 2 is 2.00 bits per heavy atom. The lowest BCUT2D eigenvalue weighted by molar-refractivity contribution is -0.115. The summed E-state index contributed by atoms with van der Waals surface area (Å²) in [5.74, 6) is 0.486. The minimum absolute atomic E-state index is 0.100. The number of hydrogen-bond donors (Lipinski definition) is 1. The molecule has 1 fully saturated rings. The van der Waals surface area contributed by atoms with E-state index in [0.29, 0.717) is 20.8 Å². The predicted molar refractivity (Wildman–Crippen MR) is 114 cm³/mol. The van der Waals surface area contributed by atoms with Crippen LogP contribution in [0.2, 0.25) is 5.02 Å². The maximum atomic E-state index is 12.2. The Kier molecular flexibility index (Phi) is 6.24. The molecular formula is C21H21ClN2O2S. The summed E-state index contributed by atoms with van der Waals surface area (Å²) in [6, 6.07) is 13.3. The minimum atomic E-state index is -0.165. The SMILES string of the molecule is CC[C@@H](C)Oc1ccc(/C=C2/SC(=Nc3ccc(C)cc3)NC2=O)cc1Cl. The van der Waals surface area contributed by atoms with Gasteiger partial charge in [0, 0.05) is 0 Å². The highest BCUT2D eigenvalue weighted by molar-refractivity contribution is 8.18. The molecule has 0 unspecified atom stereocenters. The van der Waals surface area contributed by atoms with Gasteiger partial charge in [0.2, 0.25) is 0 Å². The van der Waals surface area contributed by atoms with Crippen molar-refractivity contribution in [3.63, 3.8) is 0 Å². The summed E-state index contributed by atoms with van der Waals surface area (Å²) in [6.07, 6.45) is 2.81. The summed E-state index contributed by atoms with van der Waals surface area (Å²) in [7, 11) is 0. The number of rotatable bonds is 5. The molecule has 0 radical (unpaired) electrons. The predicted octanol–water partition coefficient (Wildman–Crippen LogP) is 5.72. The van der Waals surface area contributed by atoms with Crippen LogP contribution in [0.4, 0.5) is 5.69 Å². The van der Waals surface area contributed by atoms with E-state index in [1.54, 1.807) is 12.1 Å². The summed E-state index contributed by atoms with van der Waals surface area (Å²) in [6.45, 7) is 6.08. The van der Waals surface area contributed by atoms with E-state index in [-0.39, 0.29) is 12.0 Å². The van der Waals surface area contributed by atoms with Gasteiger partial charge in [0.25, 0.3) is 5.91 Å². The Hall–Kier alpha value is -2.24. The molecule has 1 atom stereocenters. The molecule has 1 aliphatic heterocycles. The molecule has 1 aliphatic rings. The first-order chi connectivity index (χ1) is 12.9. The maximum Gasteiger partial charge on any atom is 0.264 e. The second-order valence-corrected chi connectivity index (χ2v) is 7.78. The third-order valence-corrected chi connectivity index (χ3v) is 5.28. The molecule has 0 saturated carbocycles. The molecule has 0 aromatic heterocycles. The summed E-state index contributed by atoms with van der Waals surface area (Å²) in [5, 5.41) is 3.89. The van der Waals surface area contributed by atoms with Crippen LogP contribution in [0.25, 0.3) is 6.08 Å². The van der Waals surface area contributed by atoms with E-state index >= 15 is 0 Å². The Morgan fingerprint density at radius 3 is 2.67 bits per heavy atom. The fraction of sp³-hybridized carbons (Fsp3) is 0.238. The summed E-state index contributed by atoms with van der Waals surface area (Å²) in [4.78, 5) is 17.3. The van der Waals surface area contributed by atoms with Gasteiger partial charge in [-0.25, -0.2) is 4.99 Å². The Balaban J connectivity index is 1.76. The molecule has 1 saturated heterocycles. The third-order valence-electron chi connectivity index (χ3n) is 4.07. The van der Waals surface area contributed by atoms with Crippen LogP contribution >= 0.6 is 23.4 Å². The number of ether oxygens (including phenoxy) is 1. The van der Waals surface area contributed by atoms with Crippen LogP contribution in [-0.2, 0) is 4.79 Å². The van der Waals surface area contributed by atoms with Crippen molar-refractivity contribution in [2.45, 2.75) is 33.3 Å². The van der Waals surface area contributed by atoms with Crippen LogP contribution < -0.4 is 10.1 Å². The van der Waals surface area contributed by atoms with Crippen molar-refractivity contribution in [1.29, 1.82) is 0 Å². The highest BCUT2D eigenvalue weighted by atomic mass is 35.5. The van der Waals surface area contributed by atoms with E-state index in [1.807, 2.05) is 50.2 Å². The Bertz CT molecular complexity index is 907. The number of halogens is 1. The largest absolute Gasteiger partial charge is 0.489 e. The summed E-state index contributed by atoms with van der Waals surface area (Å²) < 4.78 is 5.78. The molecule has 1 heterocycles. The van der Waals surface area contributed by atoms with Crippen molar-refractivity contribution in [1.82, 2.24) is 5.32 Å². The molecule has 27 heavy (non-hydrogen) atoms. The van der Waals surface area contributed by atoms with Gasteiger partial charge < -0.3 is 10.1 Å². The number of thioether (sulfide) groups is 1. The number of amides is 1. The van der Waals surface area contributed by atoms with Gasteiger partial charge in [0.1, 0.15) is 5.75 Å². The second kappa shape index (κ2) is 8.63. The van der Waals surface area contributed by atoms with Crippen molar-refractivity contribution >= 4 is 46.2 Å². The minimum Gasteiger partial charge on any atom is -0.489 e. The molecule has 140 valence electrons. The number of nitrogens with one attached hydrogen (secondary N) is 1. The van der Waals surface area contributed by atoms with E-state index in [9.17, 15) is 4.79 Å². The molecular weight excluding hydrogens is 380 g/mol. The number of carbonyl (C=O) groups excluding carboxylic acids is 1. The van der Waals surface area contributed by atoms with Crippen LogP contribution in [0, 0.1) is 6.92 Å². The van der Waals surface area contributed by atoms with Gasteiger partial charge in [0.05, 0.1) is 21.7 Å². The molecule has 6 heteroatoms. The number of aryl methyl sites for hydroxylation is 1. The molecule has 0 spiro atoms. The van der Waals surface area contributed by atoms with Crippen molar-refractivity contribution in [3.05, 3.63) is 63.5 Å². The zero-order chi connectivity index (χ0) is 19.4. The lowest BCUT2D eigenvalue weighted by atomic mass is 10.2. The molecule has 2 aromatic rings. The van der Waals surface area contributed by atoms with E-state index < -0.39 is 0 Å². The standard InChI is InChI=1S/C21H21ClN2O2S/c1-4-14(3)26-18-10-7-15(11-17(18)22)12-19-20(25)24-21(27-19)23-16-8-5-13(2)6-9-16/h5-12,14H,4H2,1-3H3,(H,23,24,25)/b19-12+/t14-/m1/s1. The highest BCUT2D eigenvalue weighted by Gasteiger charge is 2.23. The van der Waals surface area contributed by atoms with Gasteiger partial charge in [-0.1, -0.05) is 42.3 Å². The van der Waals surface area contributed by atoms with Gasteiger partial charge in [-0.3, -0.25) is 4.79 Å². The van der Waals surface area contributed by atoms with Gasteiger partial charge in [-0.05, 0) is 67.9 Å². The quantitative estimate of drug-likeness (QED) is 0.653. The van der Waals surface area contributed by atoms with Crippen LogP contribution in [0.5, 0.6) is 5.75 Å². The van der Waals surface area contributed by atoms with Crippen molar-refractivity contribution in [2.24, 2.45) is 4.99 Å². The maximum absolute atomic E-state index is 12.2. The third kappa shape index (κ3) is 5.15. The van der Waals surface area contributed by atoms with Gasteiger partial charge in [-0.2, -0.15) is 0 Å². The number of carbonyl (C=O) groups is 1. The summed E-state index contributed by atoms with van der Waals surface area (Å²) >= 11 is 7.63. The molecule has 3 rings (SSSR count). The molecule has 1 amide bonds. The molecule has 1 N–H and O–H groups in total. The van der Waals surface area contributed by atoms with Crippen molar-refractivity contribution < 1.29 is 9.53 Å². The zero-order valence-corrected chi connectivity index (χ0v) is 17.0. The fourth-order valence-corrected chi connectivity index (χ4v) is 3.45. The van der Waals surface area contributed by atoms with Gasteiger partial charge >= 0.3 is 0 Å². The molecule has 2 aromatic carbocycles. The fourth-order valence-electron chi connectivity index (χ4n) is 2.37. The number of hydrogen-bond acceptors (Lipinski definition) is 4. The molecule has 0 aliphatic carbocycles. The lowest BCUT2D eigenvalue weighted by Gasteiger charge is -2.14. The monoisotopic (exact) mass is 400 g/mol. The average Bonchev–Trinajstić information content (AvgIpc) is 2.98. The topological polar surface area (TPSA) is 50.7 Å². The van der Waals surface area contributed by atoms with E-state index in [1.165, 1.54) is 17.3 Å². The normalized spacial score (nSPS) is 18.0. The Morgan fingerprint density at radius 1 is 1.26 bits per heavy atom. The first-order valence-corrected chi connectivity index (χ1v) is 9.96. The lowest BCUT2D eigenvalue weighted by Crippen LogP contribution is -2.19. The van der Waals surface area contributed by atoms with Crippen molar-refractivity contribution in [3.8, 4) is 5.75 Å². The van der Waals surface area contributed by atoms with Crippen molar-refractivity contribution in [2.75, 3.05) is 0 Å². The smallest absolute Gasteiger partial charge is 0.264 e. The highest BCUT2D eigenvalue weighted by Crippen LogP contribution is 2.31. The van der Waals surface area contributed by atoms with E-state index in [2.05, 4.69) is 17.2 Å². The number of benzene rings is 2. The van der Waals surface area contributed by atoms with Crippen LogP contribution in [0.1, 0.15) is 31.4 Å². The zero-order valence-electron chi connectivity index (χ0n) is 15.5. The molecule has 0 bridgehead atoms. The van der Waals surface area contributed by atoms with Crippen LogP contribution in [-0.4, -0.2) is 17.2 Å². The first kappa shape index (κ1) is 19.5.